The molecule has 0 bridgehead atoms. The first-order valence-electron chi connectivity index (χ1n) is 6.70. The average molecular weight is 316 g/mol. The molecule has 0 spiro atoms. The summed E-state index contributed by atoms with van der Waals surface area (Å²) in [5.74, 6) is 2.95. The van der Waals surface area contributed by atoms with Crippen LogP contribution < -0.4 is 10.2 Å². The van der Waals surface area contributed by atoms with Gasteiger partial charge in [0.1, 0.15) is 11.2 Å². The van der Waals surface area contributed by atoms with E-state index in [0.29, 0.717) is 23.9 Å². The number of nitrogens with one attached hydrogen (secondary N) is 1. The van der Waals surface area contributed by atoms with E-state index in [1.165, 1.54) is 0 Å². The number of nitrogens with zero attached hydrogens (tertiary/aromatic N) is 3. The second-order valence-corrected chi connectivity index (χ2v) is 8.06. The molecule has 112 valence electrons. The molecule has 0 amide bonds. The van der Waals surface area contributed by atoms with E-state index >= 15 is 0 Å². The zero-order valence-corrected chi connectivity index (χ0v) is 13.4. The Hall–Kier alpha value is -1.02. The molecule has 2 rings (SSSR count). The highest BCUT2D eigenvalue weighted by Gasteiger charge is 2.33. The van der Waals surface area contributed by atoms with Crippen LogP contribution in [-0.4, -0.2) is 54.1 Å². The lowest BCUT2D eigenvalue weighted by molar-refractivity contribution is 0.578. The van der Waals surface area contributed by atoms with Crippen LogP contribution in [0.25, 0.3) is 0 Å². The molecule has 1 aromatic heterocycles. The number of hydrogen-bond donors (Lipinski definition) is 1. The zero-order chi connectivity index (χ0) is 14.6. The van der Waals surface area contributed by atoms with Gasteiger partial charge in [-0.05, 0) is 6.92 Å². The fraction of sp³-hybridized carbons (Fsp3) is 0.667. The van der Waals surface area contributed by atoms with Gasteiger partial charge in [0, 0.05) is 30.3 Å². The van der Waals surface area contributed by atoms with Gasteiger partial charge in [0.05, 0.1) is 12.4 Å². The van der Waals surface area contributed by atoms with Crippen molar-refractivity contribution in [2.45, 2.75) is 19.2 Å². The van der Waals surface area contributed by atoms with Crippen LogP contribution in [0, 0.1) is 0 Å². The molecule has 1 N–H and O–H groups in total. The summed E-state index contributed by atoms with van der Waals surface area (Å²) >= 11 is 1.67. The molecule has 1 atom stereocenters. The van der Waals surface area contributed by atoms with Gasteiger partial charge < -0.3 is 10.2 Å². The SMILES string of the molecule is CCNc1cncc(N2CCSCC2S(=O)(=O)CC)n1. The topological polar surface area (TPSA) is 75.2 Å². The van der Waals surface area contributed by atoms with Crippen LogP contribution in [0.15, 0.2) is 12.4 Å². The summed E-state index contributed by atoms with van der Waals surface area (Å²) < 4.78 is 24.5. The van der Waals surface area contributed by atoms with Gasteiger partial charge in [-0.3, -0.25) is 4.98 Å². The molecule has 0 aliphatic carbocycles. The largest absolute Gasteiger partial charge is 0.369 e. The molecule has 0 aromatic carbocycles. The van der Waals surface area contributed by atoms with Crippen molar-refractivity contribution in [3.8, 4) is 0 Å². The van der Waals surface area contributed by atoms with Crippen LogP contribution in [0.2, 0.25) is 0 Å². The summed E-state index contributed by atoms with van der Waals surface area (Å²) in [4.78, 5) is 10.5. The van der Waals surface area contributed by atoms with E-state index < -0.39 is 15.2 Å². The van der Waals surface area contributed by atoms with Crippen LogP contribution in [0.4, 0.5) is 11.6 Å². The predicted molar refractivity (Wildman–Crippen MR) is 84.1 cm³/mol. The number of rotatable bonds is 5. The van der Waals surface area contributed by atoms with E-state index in [1.807, 2.05) is 11.8 Å². The maximum Gasteiger partial charge on any atom is 0.171 e. The molecule has 1 unspecified atom stereocenters. The summed E-state index contributed by atoms with van der Waals surface area (Å²) in [5, 5.41) is 2.60. The Morgan fingerprint density at radius 1 is 1.45 bits per heavy atom. The lowest BCUT2D eigenvalue weighted by Crippen LogP contribution is -2.48. The molecule has 0 radical (unpaired) electrons. The molecule has 1 aliphatic rings. The molecule has 1 fully saturated rings. The normalized spacial score (nSPS) is 19.9. The fourth-order valence-corrected chi connectivity index (χ4v) is 5.07. The second kappa shape index (κ2) is 6.62. The molecule has 8 heteroatoms. The maximum atomic E-state index is 12.2. The van der Waals surface area contributed by atoms with Crippen molar-refractivity contribution in [2.75, 3.05) is 40.6 Å². The lowest BCUT2D eigenvalue weighted by atomic mass is 10.4. The summed E-state index contributed by atoms with van der Waals surface area (Å²) in [6.07, 6.45) is 3.28. The van der Waals surface area contributed by atoms with Crippen LogP contribution in [0.3, 0.4) is 0 Å². The van der Waals surface area contributed by atoms with Crippen molar-refractivity contribution in [3.63, 3.8) is 0 Å². The summed E-state index contributed by atoms with van der Waals surface area (Å²) in [5.41, 5.74) is 0. The van der Waals surface area contributed by atoms with E-state index in [4.69, 9.17) is 0 Å². The van der Waals surface area contributed by atoms with Gasteiger partial charge in [-0.15, -0.1) is 0 Å². The number of anilines is 2. The zero-order valence-electron chi connectivity index (χ0n) is 11.7. The van der Waals surface area contributed by atoms with Gasteiger partial charge in [0.25, 0.3) is 0 Å². The highest BCUT2D eigenvalue weighted by atomic mass is 32.2. The number of aromatic nitrogens is 2. The molecule has 20 heavy (non-hydrogen) atoms. The van der Waals surface area contributed by atoms with E-state index in [9.17, 15) is 8.42 Å². The molecule has 1 saturated heterocycles. The van der Waals surface area contributed by atoms with Crippen molar-refractivity contribution in [1.29, 1.82) is 0 Å². The minimum atomic E-state index is -3.13. The van der Waals surface area contributed by atoms with Crippen molar-refractivity contribution in [3.05, 3.63) is 12.4 Å². The van der Waals surface area contributed by atoms with Crippen molar-refractivity contribution in [2.24, 2.45) is 0 Å². The first-order chi connectivity index (χ1) is 9.58. The van der Waals surface area contributed by atoms with Crippen molar-refractivity contribution >= 4 is 33.2 Å². The molecule has 6 nitrogen and oxygen atoms in total. The number of thioether (sulfide) groups is 1. The number of sulfone groups is 1. The fourth-order valence-electron chi connectivity index (χ4n) is 2.09. The first-order valence-corrected chi connectivity index (χ1v) is 9.57. The van der Waals surface area contributed by atoms with Gasteiger partial charge in [0.15, 0.2) is 15.7 Å². The van der Waals surface area contributed by atoms with Crippen molar-refractivity contribution < 1.29 is 8.42 Å². The van der Waals surface area contributed by atoms with Gasteiger partial charge in [-0.1, -0.05) is 6.92 Å². The highest BCUT2D eigenvalue weighted by molar-refractivity contribution is 8.01. The standard InChI is InChI=1S/C12H20N4O2S2/c1-3-14-10-7-13-8-11(15-10)16-5-6-19-9-12(16)20(17,18)4-2/h7-8,12H,3-6,9H2,1-2H3,(H,14,15). The van der Waals surface area contributed by atoms with E-state index in [-0.39, 0.29) is 5.75 Å². The van der Waals surface area contributed by atoms with Crippen LogP contribution >= 0.6 is 11.8 Å². The van der Waals surface area contributed by atoms with E-state index in [2.05, 4.69) is 15.3 Å². The Kier molecular flexibility index (Phi) is 5.09. The third-order valence-corrected chi connectivity index (χ3v) is 6.46. The molecule has 0 saturated carbocycles. The van der Waals surface area contributed by atoms with Gasteiger partial charge in [0.2, 0.25) is 0 Å². The Bertz CT molecular complexity index is 550. The predicted octanol–water partition coefficient (Wildman–Crippen LogP) is 1.22. The first kappa shape index (κ1) is 15.4. The summed E-state index contributed by atoms with van der Waals surface area (Å²) in [6, 6.07) is 0. The molecule has 1 aromatic rings. The quantitative estimate of drug-likeness (QED) is 0.875. The van der Waals surface area contributed by atoms with E-state index in [1.54, 1.807) is 31.1 Å². The van der Waals surface area contributed by atoms with Gasteiger partial charge in [-0.2, -0.15) is 11.8 Å². The number of hydrogen-bond acceptors (Lipinski definition) is 7. The molecule has 1 aliphatic heterocycles. The molecular weight excluding hydrogens is 296 g/mol. The van der Waals surface area contributed by atoms with Gasteiger partial charge in [-0.25, -0.2) is 13.4 Å². The third kappa shape index (κ3) is 3.35. The maximum absolute atomic E-state index is 12.2. The van der Waals surface area contributed by atoms with Crippen LogP contribution in [-0.2, 0) is 9.84 Å². The Balaban J connectivity index is 2.30. The lowest BCUT2D eigenvalue weighted by Gasteiger charge is -2.35. The van der Waals surface area contributed by atoms with E-state index in [0.717, 1.165) is 12.3 Å². The second-order valence-electron chi connectivity index (χ2n) is 4.47. The Morgan fingerprint density at radius 3 is 2.95 bits per heavy atom. The highest BCUT2D eigenvalue weighted by Crippen LogP contribution is 2.26. The smallest absolute Gasteiger partial charge is 0.171 e. The van der Waals surface area contributed by atoms with Crippen molar-refractivity contribution in [1.82, 2.24) is 9.97 Å². The summed E-state index contributed by atoms with van der Waals surface area (Å²) in [7, 11) is -3.13. The molecule has 2 heterocycles. The van der Waals surface area contributed by atoms with Crippen LogP contribution in [0.5, 0.6) is 0 Å². The summed E-state index contributed by atoms with van der Waals surface area (Å²) in [6.45, 7) is 5.10. The average Bonchev–Trinajstić information content (AvgIpc) is 2.48. The Labute approximate surface area is 124 Å². The minimum Gasteiger partial charge on any atom is -0.369 e. The van der Waals surface area contributed by atoms with Crippen LogP contribution in [0.1, 0.15) is 13.8 Å². The Morgan fingerprint density at radius 2 is 2.25 bits per heavy atom. The monoisotopic (exact) mass is 316 g/mol. The third-order valence-electron chi connectivity index (χ3n) is 3.18. The minimum absolute atomic E-state index is 0.148. The molecular formula is C12H20N4O2S2. The van der Waals surface area contributed by atoms with Gasteiger partial charge >= 0.3 is 0 Å².